The van der Waals surface area contributed by atoms with Gasteiger partial charge in [0, 0.05) is 5.69 Å². The predicted octanol–water partition coefficient (Wildman–Crippen LogP) is 4.13. The molecule has 10 heteroatoms. The maximum atomic E-state index is 12.8. The SMILES string of the molecule is Cc1cc(C)cc(N(CC(=O)Nc2ccc(S(=O)(=O)Nc3cc(C)ccc3C)cc2)S(C)(=O)=O)c1. The molecule has 0 aliphatic carbocycles. The quantitative estimate of drug-likeness (QED) is 0.469. The fourth-order valence-corrected chi connectivity index (χ4v) is 5.55. The van der Waals surface area contributed by atoms with Gasteiger partial charge in [-0.1, -0.05) is 18.2 Å². The van der Waals surface area contributed by atoms with E-state index >= 15 is 0 Å². The van der Waals surface area contributed by atoms with E-state index in [4.69, 9.17) is 0 Å². The molecule has 35 heavy (non-hydrogen) atoms. The average Bonchev–Trinajstić information content (AvgIpc) is 2.73. The molecule has 2 N–H and O–H groups in total. The zero-order valence-electron chi connectivity index (χ0n) is 20.3. The topological polar surface area (TPSA) is 113 Å². The van der Waals surface area contributed by atoms with Gasteiger partial charge in [0.05, 0.1) is 22.5 Å². The summed E-state index contributed by atoms with van der Waals surface area (Å²) in [7, 11) is -7.55. The first-order valence-electron chi connectivity index (χ1n) is 10.8. The van der Waals surface area contributed by atoms with Gasteiger partial charge in [-0.3, -0.25) is 13.8 Å². The third kappa shape index (κ3) is 6.83. The lowest BCUT2D eigenvalue weighted by Gasteiger charge is -2.23. The summed E-state index contributed by atoms with van der Waals surface area (Å²) in [6, 6.07) is 16.5. The second-order valence-electron chi connectivity index (χ2n) is 8.61. The Hall–Kier alpha value is -3.37. The molecule has 0 aromatic heterocycles. The van der Waals surface area contributed by atoms with E-state index in [9.17, 15) is 21.6 Å². The molecule has 0 radical (unpaired) electrons. The summed E-state index contributed by atoms with van der Waals surface area (Å²) < 4.78 is 53.9. The molecule has 3 aromatic carbocycles. The monoisotopic (exact) mass is 515 g/mol. The largest absolute Gasteiger partial charge is 0.325 e. The van der Waals surface area contributed by atoms with Crippen LogP contribution in [0.4, 0.5) is 17.1 Å². The first-order valence-corrected chi connectivity index (χ1v) is 14.1. The van der Waals surface area contributed by atoms with Crippen LogP contribution in [0.25, 0.3) is 0 Å². The minimum atomic E-state index is -3.83. The van der Waals surface area contributed by atoms with Crippen LogP contribution in [0.15, 0.2) is 65.6 Å². The molecular weight excluding hydrogens is 486 g/mol. The maximum Gasteiger partial charge on any atom is 0.261 e. The van der Waals surface area contributed by atoms with Crippen molar-refractivity contribution in [1.29, 1.82) is 0 Å². The van der Waals surface area contributed by atoms with Gasteiger partial charge >= 0.3 is 0 Å². The molecule has 186 valence electrons. The van der Waals surface area contributed by atoms with Gasteiger partial charge in [0.1, 0.15) is 6.54 Å². The van der Waals surface area contributed by atoms with E-state index in [1.807, 2.05) is 45.9 Å². The molecule has 0 unspecified atom stereocenters. The Morgan fingerprint density at radius 3 is 1.97 bits per heavy atom. The molecule has 0 fully saturated rings. The van der Waals surface area contributed by atoms with E-state index < -0.39 is 32.5 Å². The smallest absolute Gasteiger partial charge is 0.261 e. The van der Waals surface area contributed by atoms with Crippen molar-refractivity contribution in [2.75, 3.05) is 27.1 Å². The highest BCUT2D eigenvalue weighted by Crippen LogP contribution is 2.23. The maximum absolute atomic E-state index is 12.8. The molecule has 0 heterocycles. The van der Waals surface area contributed by atoms with Crippen molar-refractivity contribution in [2.24, 2.45) is 0 Å². The van der Waals surface area contributed by atoms with Crippen molar-refractivity contribution < 1.29 is 21.6 Å². The van der Waals surface area contributed by atoms with E-state index in [2.05, 4.69) is 10.0 Å². The number of carbonyl (C=O) groups excluding carboxylic acids is 1. The van der Waals surface area contributed by atoms with Gasteiger partial charge in [0.2, 0.25) is 15.9 Å². The lowest BCUT2D eigenvalue weighted by Crippen LogP contribution is -2.37. The summed E-state index contributed by atoms with van der Waals surface area (Å²) in [5.41, 5.74) is 4.71. The van der Waals surface area contributed by atoms with Gasteiger partial charge in [-0.05, 0) is 92.4 Å². The Morgan fingerprint density at radius 1 is 0.800 bits per heavy atom. The van der Waals surface area contributed by atoms with Gasteiger partial charge in [-0.25, -0.2) is 16.8 Å². The fourth-order valence-electron chi connectivity index (χ4n) is 3.59. The molecule has 0 bridgehead atoms. The molecule has 3 aromatic rings. The summed E-state index contributed by atoms with van der Waals surface area (Å²) >= 11 is 0. The Labute approximate surface area is 207 Å². The van der Waals surface area contributed by atoms with Crippen LogP contribution < -0.4 is 14.3 Å². The van der Waals surface area contributed by atoms with E-state index in [0.29, 0.717) is 17.1 Å². The number of amides is 1. The van der Waals surface area contributed by atoms with Crippen LogP contribution in [0.5, 0.6) is 0 Å². The lowest BCUT2D eigenvalue weighted by atomic mass is 10.1. The predicted molar refractivity (Wildman–Crippen MR) is 140 cm³/mol. The van der Waals surface area contributed by atoms with Crippen molar-refractivity contribution in [3.8, 4) is 0 Å². The van der Waals surface area contributed by atoms with E-state index in [-0.39, 0.29) is 4.90 Å². The number of carbonyl (C=O) groups is 1. The number of hydrogen-bond donors (Lipinski definition) is 2. The summed E-state index contributed by atoms with van der Waals surface area (Å²) in [6.45, 7) is 6.97. The number of benzene rings is 3. The molecule has 0 atom stereocenters. The van der Waals surface area contributed by atoms with Crippen molar-refractivity contribution >= 4 is 43.0 Å². The molecule has 0 aliphatic rings. The van der Waals surface area contributed by atoms with Crippen molar-refractivity contribution in [1.82, 2.24) is 0 Å². The van der Waals surface area contributed by atoms with Gasteiger partial charge < -0.3 is 5.32 Å². The Balaban J connectivity index is 1.75. The lowest BCUT2D eigenvalue weighted by molar-refractivity contribution is -0.114. The standard InChI is InChI=1S/C25H29N3O5S2/c1-17-6-7-20(4)24(15-17)27-35(32,33)23-10-8-21(9-11-23)26-25(29)16-28(34(5,30)31)22-13-18(2)12-19(3)14-22/h6-15,27H,16H2,1-5H3,(H,26,29). The average molecular weight is 516 g/mol. The molecule has 0 aliphatic heterocycles. The number of rotatable bonds is 8. The van der Waals surface area contributed by atoms with Crippen LogP contribution >= 0.6 is 0 Å². The van der Waals surface area contributed by atoms with E-state index in [0.717, 1.165) is 32.8 Å². The Morgan fingerprint density at radius 2 is 1.40 bits per heavy atom. The first-order chi connectivity index (χ1) is 16.2. The van der Waals surface area contributed by atoms with E-state index in [1.54, 1.807) is 18.2 Å². The number of anilines is 3. The summed E-state index contributed by atoms with van der Waals surface area (Å²) in [6.07, 6.45) is 1.04. The molecule has 0 spiro atoms. The zero-order valence-corrected chi connectivity index (χ0v) is 21.9. The number of aryl methyl sites for hydroxylation is 4. The normalized spacial score (nSPS) is 11.7. The summed E-state index contributed by atoms with van der Waals surface area (Å²) in [5.74, 6) is -0.557. The van der Waals surface area contributed by atoms with Gasteiger partial charge in [-0.15, -0.1) is 0 Å². The Kier molecular flexibility index (Phi) is 7.56. The molecule has 3 rings (SSSR count). The summed E-state index contributed by atoms with van der Waals surface area (Å²) in [4.78, 5) is 12.7. The van der Waals surface area contributed by atoms with E-state index in [1.165, 1.54) is 24.3 Å². The summed E-state index contributed by atoms with van der Waals surface area (Å²) in [5, 5.41) is 2.63. The van der Waals surface area contributed by atoms with Crippen LogP contribution in [-0.2, 0) is 24.8 Å². The van der Waals surface area contributed by atoms with Crippen molar-refractivity contribution in [3.05, 3.63) is 82.9 Å². The molecule has 1 amide bonds. The van der Waals surface area contributed by atoms with Crippen LogP contribution in [0.1, 0.15) is 22.3 Å². The molecule has 0 saturated heterocycles. The van der Waals surface area contributed by atoms with Crippen LogP contribution in [0.3, 0.4) is 0 Å². The number of sulfonamides is 2. The highest BCUT2D eigenvalue weighted by Gasteiger charge is 2.22. The van der Waals surface area contributed by atoms with Gasteiger partial charge in [-0.2, -0.15) is 0 Å². The Bertz CT molecular complexity index is 1450. The van der Waals surface area contributed by atoms with Crippen molar-refractivity contribution in [2.45, 2.75) is 32.6 Å². The third-order valence-electron chi connectivity index (χ3n) is 5.27. The zero-order chi connectivity index (χ0) is 26.0. The van der Waals surface area contributed by atoms with Crippen LogP contribution in [-0.4, -0.2) is 35.5 Å². The minimum Gasteiger partial charge on any atom is -0.325 e. The first kappa shape index (κ1) is 26.2. The molecule has 0 saturated carbocycles. The second kappa shape index (κ2) is 10.1. The van der Waals surface area contributed by atoms with Gasteiger partial charge in [0.25, 0.3) is 10.0 Å². The highest BCUT2D eigenvalue weighted by molar-refractivity contribution is 7.92. The number of hydrogen-bond acceptors (Lipinski definition) is 5. The van der Waals surface area contributed by atoms with Crippen molar-refractivity contribution in [3.63, 3.8) is 0 Å². The second-order valence-corrected chi connectivity index (χ2v) is 12.2. The minimum absolute atomic E-state index is 0.0319. The van der Waals surface area contributed by atoms with Crippen LogP contribution in [0, 0.1) is 27.7 Å². The highest BCUT2D eigenvalue weighted by atomic mass is 32.2. The van der Waals surface area contributed by atoms with Gasteiger partial charge in [0.15, 0.2) is 0 Å². The fraction of sp³-hybridized carbons (Fsp3) is 0.240. The molecular formula is C25H29N3O5S2. The number of nitrogens with one attached hydrogen (secondary N) is 2. The number of nitrogens with zero attached hydrogens (tertiary/aromatic N) is 1. The third-order valence-corrected chi connectivity index (χ3v) is 7.79. The molecule has 8 nitrogen and oxygen atoms in total. The van der Waals surface area contributed by atoms with Crippen LogP contribution in [0.2, 0.25) is 0 Å².